The van der Waals surface area contributed by atoms with Crippen LogP contribution in [0.4, 0.5) is 0 Å². The Morgan fingerprint density at radius 2 is 1.92 bits per heavy atom. The molecule has 1 aromatic carbocycles. The van der Waals surface area contributed by atoms with Crippen molar-refractivity contribution in [1.82, 2.24) is 0 Å². The summed E-state index contributed by atoms with van der Waals surface area (Å²) in [4.78, 5) is 24.0. The highest BCUT2D eigenvalue weighted by Crippen LogP contribution is 2.39. The molecule has 0 bridgehead atoms. The molecule has 130 valence electrons. The maximum Gasteiger partial charge on any atom is 0.338 e. The van der Waals surface area contributed by atoms with Crippen LogP contribution in [-0.2, 0) is 19.0 Å². The number of hydrogen-bond donors (Lipinski definition) is 1. The predicted molar refractivity (Wildman–Crippen MR) is 87.8 cm³/mol. The molecule has 7 nitrogen and oxygen atoms in total. The molecule has 0 saturated carbocycles. The Hall–Kier alpha value is -3.27. The molecular weight excluding hydrogens is 324 g/mol. The van der Waals surface area contributed by atoms with Crippen LogP contribution in [0.1, 0.15) is 35.7 Å². The molecule has 1 aliphatic heterocycles. The molecule has 1 heterocycles. The molecule has 0 saturated heterocycles. The van der Waals surface area contributed by atoms with Crippen LogP contribution in [0.2, 0.25) is 0 Å². The SMILES string of the molecule is CCOC(=O)c1ccc([C@@H]2C(C#N)=C(N)OC(C)=C2C(=O)OC)cc1. The fourth-order valence-electron chi connectivity index (χ4n) is 2.62. The lowest BCUT2D eigenvalue weighted by molar-refractivity contribution is -0.136. The quantitative estimate of drug-likeness (QED) is 0.834. The van der Waals surface area contributed by atoms with Crippen LogP contribution in [-0.4, -0.2) is 25.7 Å². The number of ether oxygens (including phenoxy) is 3. The number of carbonyl (C=O) groups is 2. The normalized spacial score (nSPS) is 16.8. The van der Waals surface area contributed by atoms with Crippen molar-refractivity contribution in [2.75, 3.05) is 13.7 Å². The van der Waals surface area contributed by atoms with Crippen LogP contribution in [0.3, 0.4) is 0 Å². The Balaban J connectivity index is 2.51. The first-order valence-corrected chi connectivity index (χ1v) is 7.58. The van der Waals surface area contributed by atoms with Crippen LogP contribution in [0, 0.1) is 11.3 Å². The smallest absolute Gasteiger partial charge is 0.338 e. The number of nitriles is 1. The van der Waals surface area contributed by atoms with Gasteiger partial charge in [-0.05, 0) is 31.5 Å². The number of nitrogens with two attached hydrogens (primary N) is 1. The minimum atomic E-state index is -0.734. The molecule has 1 aliphatic rings. The monoisotopic (exact) mass is 342 g/mol. The average molecular weight is 342 g/mol. The van der Waals surface area contributed by atoms with Crippen LogP contribution < -0.4 is 5.73 Å². The lowest BCUT2D eigenvalue weighted by Gasteiger charge is -2.26. The number of benzene rings is 1. The number of rotatable bonds is 4. The van der Waals surface area contributed by atoms with Crippen molar-refractivity contribution in [2.45, 2.75) is 19.8 Å². The van der Waals surface area contributed by atoms with Crippen molar-refractivity contribution in [3.05, 3.63) is 58.2 Å². The number of carbonyl (C=O) groups excluding carboxylic acids is 2. The summed E-state index contributed by atoms with van der Waals surface area (Å²) in [5, 5.41) is 9.45. The van der Waals surface area contributed by atoms with E-state index in [0.717, 1.165) is 0 Å². The van der Waals surface area contributed by atoms with Crippen molar-refractivity contribution in [3.8, 4) is 6.07 Å². The summed E-state index contributed by atoms with van der Waals surface area (Å²) in [6.45, 7) is 3.57. The first kappa shape index (κ1) is 18.1. The summed E-state index contributed by atoms with van der Waals surface area (Å²) in [5.74, 6) is -1.59. The summed E-state index contributed by atoms with van der Waals surface area (Å²) in [7, 11) is 1.25. The number of allylic oxidation sites excluding steroid dienone is 2. The number of nitrogens with zero attached hydrogens (tertiary/aromatic N) is 1. The zero-order chi connectivity index (χ0) is 18.6. The van der Waals surface area contributed by atoms with E-state index in [0.29, 0.717) is 11.1 Å². The standard InChI is InChI=1S/C18H18N2O5/c1-4-24-17(21)12-7-5-11(6-8-12)15-13(9-19)16(20)25-10(2)14(15)18(22)23-3/h5-8,15H,4,20H2,1-3H3/t15-/m1/s1. The van der Waals surface area contributed by atoms with Gasteiger partial charge in [-0.3, -0.25) is 0 Å². The van der Waals surface area contributed by atoms with Gasteiger partial charge in [-0.25, -0.2) is 9.59 Å². The van der Waals surface area contributed by atoms with Gasteiger partial charge in [0.15, 0.2) is 0 Å². The van der Waals surface area contributed by atoms with E-state index in [9.17, 15) is 14.9 Å². The van der Waals surface area contributed by atoms with E-state index in [1.165, 1.54) is 7.11 Å². The predicted octanol–water partition coefficient (Wildman–Crippen LogP) is 2.12. The number of methoxy groups -OCH3 is 1. The van der Waals surface area contributed by atoms with Crippen LogP contribution in [0.25, 0.3) is 0 Å². The lowest BCUT2D eigenvalue weighted by atomic mass is 9.83. The van der Waals surface area contributed by atoms with Crippen molar-refractivity contribution in [1.29, 1.82) is 5.26 Å². The number of esters is 2. The van der Waals surface area contributed by atoms with Crippen molar-refractivity contribution < 1.29 is 23.8 Å². The van der Waals surface area contributed by atoms with Crippen LogP contribution >= 0.6 is 0 Å². The van der Waals surface area contributed by atoms with Gasteiger partial charge in [0.05, 0.1) is 30.8 Å². The molecule has 1 atom stereocenters. The van der Waals surface area contributed by atoms with Crippen LogP contribution in [0.15, 0.2) is 47.1 Å². The summed E-state index contributed by atoms with van der Waals surface area (Å²) < 4.78 is 15.1. The van der Waals surface area contributed by atoms with E-state index in [4.69, 9.17) is 19.9 Å². The Morgan fingerprint density at radius 1 is 1.28 bits per heavy atom. The first-order chi connectivity index (χ1) is 11.9. The fourth-order valence-corrected chi connectivity index (χ4v) is 2.62. The molecule has 0 aromatic heterocycles. The van der Waals surface area contributed by atoms with Gasteiger partial charge >= 0.3 is 11.9 Å². The second-order valence-electron chi connectivity index (χ2n) is 5.23. The van der Waals surface area contributed by atoms with Gasteiger partial charge in [-0.2, -0.15) is 5.26 Å². The molecule has 2 rings (SSSR count). The van der Waals surface area contributed by atoms with Gasteiger partial charge in [-0.1, -0.05) is 12.1 Å². The zero-order valence-electron chi connectivity index (χ0n) is 14.2. The molecule has 1 aromatic rings. The van der Waals surface area contributed by atoms with Gasteiger partial charge < -0.3 is 19.9 Å². The zero-order valence-corrected chi connectivity index (χ0v) is 14.2. The van der Waals surface area contributed by atoms with Gasteiger partial charge in [0.25, 0.3) is 0 Å². The van der Waals surface area contributed by atoms with E-state index < -0.39 is 17.9 Å². The topological polar surface area (TPSA) is 112 Å². The van der Waals surface area contributed by atoms with Gasteiger partial charge in [-0.15, -0.1) is 0 Å². The second kappa shape index (κ2) is 7.53. The van der Waals surface area contributed by atoms with E-state index in [-0.39, 0.29) is 29.4 Å². The van der Waals surface area contributed by atoms with E-state index in [1.54, 1.807) is 38.1 Å². The maximum absolute atomic E-state index is 12.2. The third kappa shape index (κ3) is 3.48. The third-order valence-corrected chi connectivity index (χ3v) is 3.77. The van der Waals surface area contributed by atoms with Crippen LogP contribution in [0.5, 0.6) is 0 Å². The Bertz CT molecular complexity index is 800. The molecule has 0 unspecified atom stereocenters. The molecular formula is C18H18N2O5. The lowest BCUT2D eigenvalue weighted by Crippen LogP contribution is -2.25. The molecule has 25 heavy (non-hydrogen) atoms. The van der Waals surface area contributed by atoms with E-state index in [2.05, 4.69) is 0 Å². The minimum Gasteiger partial charge on any atom is -0.466 e. The number of hydrogen-bond acceptors (Lipinski definition) is 7. The molecule has 0 radical (unpaired) electrons. The third-order valence-electron chi connectivity index (χ3n) is 3.77. The van der Waals surface area contributed by atoms with Gasteiger partial charge in [0.2, 0.25) is 5.88 Å². The van der Waals surface area contributed by atoms with Crippen molar-refractivity contribution >= 4 is 11.9 Å². The maximum atomic E-state index is 12.2. The molecule has 7 heteroatoms. The van der Waals surface area contributed by atoms with Gasteiger partial charge in [0, 0.05) is 0 Å². The van der Waals surface area contributed by atoms with Crippen molar-refractivity contribution in [3.63, 3.8) is 0 Å². The molecule has 2 N–H and O–H groups in total. The first-order valence-electron chi connectivity index (χ1n) is 7.58. The minimum absolute atomic E-state index is 0.0628. The van der Waals surface area contributed by atoms with Crippen molar-refractivity contribution in [2.24, 2.45) is 5.73 Å². The van der Waals surface area contributed by atoms with E-state index >= 15 is 0 Å². The fraction of sp³-hybridized carbons (Fsp3) is 0.278. The second-order valence-corrected chi connectivity index (χ2v) is 5.23. The molecule has 0 amide bonds. The highest BCUT2D eigenvalue weighted by molar-refractivity contribution is 5.93. The summed E-state index contributed by atoms with van der Waals surface area (Å²) in [6.07, 6.45) is 0. The van der Waals surface area contributed by atoms with E-state index in [1.807, 2.05) is 6.07 Å². The highest BCUT2D eigenvalue weighted by atomic mass is 16.5. The Labute approximate surface area is 145 Å². The largest absolute Gasteiger partial charge is 0.466 e. The highest BCUT2D eigenvalue weighted by Gasteiger charge is 2.36. The molecule has 0 aliphatic carbocycles. The average Bonchev–Trinajstić information content (AvgIpc) is 2.61. The summed E-state index contributed by atoms with van der Waals surface area (Å²) in [5.41, 5.74) is 7.08. The molecule has 0 spiro atoms. The summed E-state index contributed by atoms with van der Waals surface area (Å²) >= 11 is 0. The summed E-state index contributed by atoms with van der Waals surface area (Å²) in [6, 6.07) is 8.40. The Morgan fingerprint density at radius 3 is 2.44 bits per heavy atom. The van der Waals surface area contributed by atoms with Gasteiger partial charge in [0.1, 0.15) is 17.4 Å². The Kier molecular flexibility index (Phi) is 5.45. The molecule has 0 fully saturated rings.